The average molecular weight is 269 g/mol. The van der Waals surface area contributed by atoms with E-state index in [0.29, 0.717) is 0 Å². The first-order chi connectivity index (χ1) is 10.4. The number of rotatable bonds is 0. The summed E-state index contributed by atoms with van der Waals surface area (Å²) in [7, 11) is 0. The molecule has 1 nitrogen and oxygen atoms in total. The molecule has 0 N–H and O–H groups in total. The van der Waals surface area contributed by atoms with Crippen molar-refractivity contribution < 1.29 is 0 Å². The van der Waals surface area contributed by atoms with Crippen molar-refractivity contribution in [2.45, 2.75) is 11.8 Å². The lowest BCUT2D eigenvalue weighted by Crippen LogP contribution is -2.48. The maximum atomic E-state index is 4.99. The second-order valence-corrected chi connectivity index (χ2v) is 6.10. The first-order valence-electron chi connectivity index (χ1n) is 7.48. The van der Waals surface area contributed by atoms with E-state index in [1.54, 1.807) is 0 Å². The van der Waals surface area contributed by atoms with Crippen LogP contribution in [0.4, 0.5) is 0 Å². The minimum Gasteiger partial charge on any atom is -0.256 e. The van der Waals surface area contributed by atoms with E-state index in [9.17, 15) is 0 Å². The van der Waals surface area contributed by atoms with Crippen LogP contribution < -0.4 is 0 Å². The van der Waals surface area contributed by atoms with Crippen LogP contribution in [0.2, 0.25) is 0 Å². The Hall–Kier alpha value is -2.41. The lowest BCUT2D eigenvalue weighted by atomic mass is 9.53. The normalized spacial score (nSPS) is 33.7. The van der Waals surface area contributed by atoms with Crippen LogP contribution in [-0.2, 0) is 5.41 Å². The molecule has 0 radical (unpaired) electrons. The predicted molar refractivity (Wildman–Crippen MR) is 87.1 cm³/mol. The van der Waals surface area contributed by atoms with Gasteiger partial charge >= 0.3 is 0 Å². The molecule has 1 heteroatoms. The zero-order chi connectivity index (χ0) is 13.9. The summed E-state index contributed by atoms with van der Waals surface area (Å²) >= 11 is 0. The summed E-state index contributed by atoms with van der Waals surface area (Å²) in [6.07, 6.45) is 21.1. The Balaban J connectivity index is 1.91. The zero-order valence-electron chi connectivity index (χ0n) is 11.7. The molecule has 0 saturated heterocycles. The van der Waals surface area contributed by atoms with E-state index < -0.39 is 0 Å². The summed E-state index contributed by atoms with van der Waals surface area (Å²) in [6, 6.07) is 8.73. The Kier molecular flexibility index (Phi) is 1.94. The maximum absolute atomic E-state index is 4.99. The fraction of sp³-hybridized carbons (Fsp3) is 0.150. The SMILES string of the molecule is C1=CCC23C=CC=CC24C(=NC3=C1)C=Cc1ccccc14. The van der Waals surface area contributed by atoms with Gasteiger partial charge in [0.2, 0.25) is 0 Å². The first-order valence-corrected chi connectivity index (χ1v) is 7.48. The summed E-state index contributed by atoms with van der Waals surface area (Å²) in [5, 5.41) is 0. The number of allylic oxidation sites excluding steroid dienone is 8. The summed E-state index contributed by atoms with van der Waals surface area (Å²) in [6.45, 7) is 0. The molecule has 0 bridgehead atoms. The molecule has 0 saturated carbocycles. The molecule has 2 unspecified atom stereocenters. The molecule has 0 fully saturated rings. The monoisotopic (exact) mass is 269 g/mol. The fourth-order valence-electron chi connectivity index (χ4n) is 4.36. The van der Waals surface area contributed by atoms with Crippen LogP contribution in [0, 0.1) is 5.41 Å². The van der Waals surface area contributed by atoms with Gasteiger partial charge in [0.1, 0.15) is 0 Å². The quantitative estimate of drug-likeness (QED) is 0.663. The van der Waals surface area contributed by atoms with Gasteiger partial charge in [0, 0.05) is 0 Å². The molecule has 2 spiro atoms. The van der Waals surface area contributed by atoms with E-state index in [1.807, 2.05) is 0 Å². The molecule has 5 rings (SSSR count). The Labute approximate surface area is 124 Å². The number of fused-ring (bicyclic) bond motifs is 1. The summed E-state index contributed by atoms with van der Waals surface area (Å²) < 4.78 is 0. The van der Waals surface area contributed by atoms with Crippen molar-refractivity contribution in [1.29, 1.82) is 0 Å². The van der Waals surface area contributed by atoms with E-state index in [4.69, 9.17) is 4.99 Å². The van der Waals surface area contributed by atoms with Crippen molar-refractivity contribution in [3.8, 4) is 0 Å². The van der Waals surface area contributed by atoms with Crippen molar-refractivity contribution in [3.63, 3.8) is 0 Å². The fourth-order valence-corrected chi connectivity index (χ4v) is 4.36. The lowest BCUT2D eigenvalue weighted by molar-refractivity contribution is 0.367. The molecular formula is C20H15N. The number of hydrogen-bond acceptors (Lipinski definition) is 1. The molecule has 2 atom stereocenters. The number of benzene rings is 1. The maximum Gasteiger partial charge on any atom is 0.0713 e. The van der Waals surface area contributed by atoms with Gasteiger partial charge in [-0.3, -0.25) is 4.99 Å². The number of nitrogens with zero attached hydrogens (tertiary/aromatic N) is 1. The molecular weight excluding hydrogens is 254 g/mol. The van der Waals surface area contributed by atoms with Gasteiger partial charge in [-0.1, -0.05) is 66.8 Å². The summed E-state index contributed by atoms with van der Waals surface area (Å²) in [4.78, 5) is 4.99. The molecule has 1 heterocycles. The number of hydrogen-bond donors (Lipinski definition) is 0. The predicted octanol–water partition coefficient (Wildman–Crippen LogP) is 4.36. The first kappa shape index (κ1) is 11.3. The molecule has 3 aliphatic carbocycles. The van der Waals surface area contributed by atoms with Gasteiger partial charge in [-0.15, -0.1) is 0 Å². The topological polar surface area (TPSA) is 12.4 Å². The van der Waals surface area contributed by atoms with Crippen LogP contribution >= 0.6 is 0 Å². The summed E-state index contributed by atoms with van der Waals surface area (Å²) in [5.74, 6) is 0. The van der Waals surface area contributed by atoms with Crippen LogP contribution in [-0.4, -0.2) is 5.71 Å². The van der Waals surface area contributed by atoms with Gasteiger partial charge < -0.3 is 0 Å². The van der Waals surface area contributed by atoms with Crippen LogP contribution in [0.25, 0.3) is 6.08 Å². The van der Waals surface area contributed by atoms with Crippen molar-refractivity contribution in [2.75, 3.05) is 0 Å². The van der Waals surface area contributed by atoms with Gasteiger partial charge in [-0.25, -0.2) is 0 Å². The van der Waals surface area contributed by atoms with Gasteiger partial charge in [0.05, 0.1) is 22.2 Å². The van der Waals surface area contributed by atoms with Gasteiger partial charge in [0.25, 0.3) is 0 Å². The second kappa shape index (κ2) is 3.62. The van der Waals surface area contributed by atoms with E-state index in [2.05, 4.69) is 78.9 Å². The third-order valence-electron chi connectivity index (χ3n) is 5.28. The highest BCUT2D eigenvalue weighted by molar-refractivity contribution is 6.14. The minimum absolute atomic E-state index is 0.0489. The van der Waals surface area contributed by atoms with E-state index in [-0.39, 0.29) is 10.8 Å². The average Bonchev–Trinajstić information content (AvgIpc) is 2.86. The highest BCUT2D eigenvalue weighted by Crippen LogP contribution is 2.61. The molecule has 4 aliphatic rings. The highest BCUT2D eigenvalue weighted by Gasteiger charge is 2.59. The smallest absolute Gasteiger partial charge is 0.0713 e. The van der Waals surface area contributed by atoms with Crippen LogP contribution in [0.15, 0.2) is 83.6 Å². The lowest BCUT2D eigenvalue weighted by Gasteiger charge is -2.47. The van der Waals surface area contributed by atoms with Crippen LogP contribution in [0.3, 0.4) is 0 Å². The molecule has 1 aromatic carbocycles. The molecule has 1 aliphatic heterocycles. The number of aliphatic imine (C=N–C) groups is 1. The highest BCUT2D eigenvalue weighted by atomic mass is 14.9. The Bertz CT molecular complexity index is 831. The van der Waals surface area contributed by atoms with Gasteiger partial charge in [-0.05, 0) is 29.7 Å². The molecule has 0 aromatic heterocycles. The zero-order valence-corrected chi connectivity index (χ0v) is 11.7. The molecule has 21 heavy (non-hydrogen) atoms. The van der Waals surface area contributed by atoms with Gasteiger partial charge in [-0.2, -0.15) is 0 Å². The third kappa shape index (κ3) is 1.13. The van der Waals surface area contributed by atoms with E-state index in [0.717, 1.165) is 6.42 Å². The molecule has 1 aromatic rings. The van der Waals surface area contributed by atoms with E-state index in [1.165, 1.54) is 22.5 Å². The Morgan fingerprint density at radius 3 is 2.86 bits per heavy atom. The Morgan fingerprint density at radius 2 is 1.86 bits per heavy atom. The van der Waals surface area contributed by atoms with E-state index >= 15 is 0 Å². The van der Waals surface area contributed by atoms with Crippen LogP contribution in [0.5, 0.6) is 0 Å². The van der Waals surface area contributed by atoms with Crippen molar-refractivity contribution in [2.24, 2.45) is 10.4 Å². The largest absolute Gasteiger partial charge is 0.256 e. The van der Waals surface area contributed by atoms with Crippen molar-refractivity contribution in [1.82, 2.24) is 0 Å². The Morgan fingerprint density at radius 1 is 0.952 bits per heavy atom. The second-order valence-electron chi connectivity index (χ2n) is 6.10. The molecule has 100 valence electrons. The minimum atomic E-state index is -0.135. The van der Waals surface area contributed by atoms with Crippen LogP contribution in [0.1, 0.15) is 17.5 Å². The van der Waals surface area contributed by atoms with Crippen molar-refractivity contribution in [3.05, 3.63) is 89.7 Å². The van der Waals surface area contributed by atoms with Crippen molar-refractivity contribution >= 4 is 11.8 Å². The third-order valence-corrected chi connectivity index (χ3v) is 5.28. The standard InChI is InChI=1S/C20H15N/c1-2-8-16-15(7-1)10-11-18-20(16)14-6-5-13-19(20)12-4-3-9-17(19)21-18/h1-11,13-14H,12H2. The van der Waals surface area contributed by atoms with Gasteiger partial charge in [0.15, 0.2) is 0 Å². The molecule has 0 amide bonds. The summed E-state index contributed by atoms with van der Waals surface area (Å²) in [5.41, 5.74) is 4.88.